The number of aromatic nitrogens is 1. The average molecular weight is 339 g/mol. The van der Waals surface area contributed by atoms with E-state index in [0.29, 0.717) is 5.69 Å². The van der Waals surface area contributed by atoms with Gasteiger partial charge in [-0.25, -0.2) is 4.79 Å². The van der Waals surface area contributed by atoms with E-state index in [1.165, 1.54) is 0 Å². The Hall–Kier alpha value is -1.43. The van der Waals surface area contributed by atoms with Crippen molar-refractivity contribution in [1.82, 2.24) is 4.98 Å². The maximum Gasteiger partial charge on any atom is 0.337 e. The van der Waals surface area contributed by atoms with E-state index in [1.54, 1.807) is 19.1 Å². The molecule has 1 N–H and O–H groups in total. The smallest absolute Gasteiger partial charge is 0.337 e. The number of halogens is 1. The van der Waals surface area contributed by atoms with Gasteiger partial charge in [0.15, 0.2) is 0 Å². The first-order valence-corrected chi connectivity index (χ1v) is 6.12. The van der Waals surface area contributed by atoms with Crippen molar-refractivity contribution < 1.29 is 9.90 Å². The molecule has 0 bridgehead atoms. The molecule has 17 heavy (non-hydrogen) atoms. The molecule has 2 rings (SSSR count). The molecular formula is C13H10INO2. The van der Waals surface area contributed by atoms with Crippen LogP contribution in [0.1, 0.15) is 16.1 Å². The molecule has 0 saturated carbocycles. The highest BCUT2D eigenvalue weighted by atomic mass is 127. The lowest BCUT2D eigenvalue weighted by Gasteiger charge is -2.04. The fourth-order valence-corrected chi connectivity index (χ4v) is 1.93. The second-order valence-electron chi connectivity index (χ2n) is 3.64. The summed E-state index contributed by atoms with van der Waals surface area (Å²) in [7, 11) is 0. The van der Waals surface area contributed by atoms with Crippen LogP contribution >= 0.6 is 22.6 Å². The van der Waals surface area contributed by atoms with Crippen molar-refractivity contribution in [2.75, 3.05) is 0 Å². The predicted octanol–water partition coefficient (Wildman–Crippen LogP) is 3.36. The van der Waals surface area contributed by atoms with Crippen LogP contribution in [0.3, 0.4) is 0 Å². The Balaban J connectivity index is 2.44. The van der Waals surface area contributed by atoms with Gasteiger partial charge in [0.2, 0.25) is 0 Å². The largest absolute Gasteiger partial charge is 0.478 e. The van der Waals surface area contributed by atoms with Crippen LogP contribution in [0, 0.1) is 10.5 Å². The number of carboxylic acids is 1. The zero-order chi connectivity index (χ0) is 12.4. The molecule has 1 aromatic carbocycles. The number of aryl methyl sites for hydroxylation is 1. The molecule has 0 aliphatic rings. The van der Waals surface area contributed by atoms with Gasteiger partial charge in [-0.1, -0.05) is 12.1 Å². The SMILES string of the molecule is Cc1nc(-c2ccc(I)cc2)ccc1C(=O)O. The van der Waals surface area contributed by atoms with Gasteiger partial charge in [-0.05, 0) is 53.8 Å². The van der Waals surface area contributed by atoms with Crippen molar-refractivity contribution in [2.45, 2.75) is 6.92 Å². The van der Waals surface area contributed by atoms with Crippen molar-refractivity contribution >= 4 is 28.6 Å². The van der Waals surface area contributed by atoms with Crippen molar-refractivity contribution in [3.8, 4) is 11.3 Å². The first-order chi connectivity index (χ1) is 8.08. The van der Waals surface area contributed by atoms with Crippen LogP contribution in [0.15, 0.2) is 36.4 Å². The Morgan fingerprint density at radius 1 is 1.18 bits per heavy atom. The average Bonchev–Trinajstić information content (AvgIpc) is 2.29. The number of carbonyl (C=O) groups is 1. The van der Waals surface area contributed by atoms with Crippen LogP contribution in [0.25, 0.3) is 11.3 Å². The van der Waals surface area contributed by atoms with Crippen LogP contribution in [0.4, 0.5) is 0 Å². The minimum atomic E-state index is -0.941. The standard InChI is InChI=1S/C13H10INO2/c1-8-11(13(16)17)6-7-12(15-8)9-2-4-10(14)5-3-9/h2-7H,1H3,(H,16,17). The molecule has 3 nitrogen and oxygen atoms in total. The fraction of sp³-hybridized carbons (Fsp3) is 0.0769. The van der Waals surface area contributed by atoms with Gasteiger partial charge in [0.05, 0.1) is 17.0 Å². The molecule has 0 radical (unpaired) electrons. The Kier molecular flexibility index (Phi) is 3.42. The number of aromatic carboxylic acids is 1. The zero-order valence-electron chi connectivity index (χ0n) is 9.14. The topological polar surface area (TPSA) is 50.2 Å². The van der Waals surface area contributed by atoms with Crippen molar-refractivity contribution in [1.29, 1.82) is 0 Å². The number of carboxylic acid groups (broad SMARTS) is 1. The van der Waals surface area contributed by atoms with E-state index in [0.717, 1.165) is 14.8 Å². The second-order valence-corrected chi connectivity index (χ2v) is 4.89. The van der Waals surface area contributed by atoms with Crippen molar-refractivity contribution in [3.63, 3.8) is 0 Å². The summed E-state index contributed by atoms with van der Waals surface area (Å²) in [5.41, 5.74) is 2.57. The molecule has 0 amide bonds. The van der Waals surface area contributed by atoms with Gasteiger partial charge in [-0.3, -0.25) is 4.98 Å². The van der Waals surface area contributed by atoms with E-state index in [4.69, 9.17) is 5.11 Å². The van der Waals surface area contributed by atoms with Crippen LogP contribution in [-0.4, -0.2) is 16.1 Å². The number of rotatable bonds is 2. The van der Waals surface area contributed by atoms with E-state index in [2.05, 4.69) is 27.6 Å². The third-order valence-corrected chi connectivity index (χ3v) is 3.18. The molecule has 1 aromatic heterocycles. The highest BCUT2D eigenvalue weighted by molar-refractivity contribution is 14.1. The summed E-state index contributed by atoms with van der Waals surface area (Å²) in [4.78, 5) is 15.2. The molecule has 0 fully saturated rings. The second kappa shape index (κ2) is 4.83. The number of hydrogen-bond donors (Lipinski definition) is 1. The molecule has 0 atom stereocenters. The summed E-state index contributed by atoms with van der Waals surface area (Å²) in [6.07, 6.45) is 0. The highest BCUT2D eigenvalue weighted by Gasteiger charge is 2.09. The Morgan fingerprint density at radius 2 is 1.82 bits per heavy atom. The molecule has 1 heterocycles. The van der Waals surface area contributed by atoms with Gasteiger partial charge in [-0.15, -0.1) is 0 Å². The van der Waals surface area contributed by atoms with Crippen LogP contribution in [0.5, 0.6) is 0 Å². The molecule has 2 aromatic rings. The van der Waals surface area contributed by atoms with Gasteiger partial charge in [0.1, 0.15) is 0 Å². The maximum absolute atomic E-state index is 10.9. The van der Waals surface area contributed by atoms with Crippen LogP contribution in [0.2, 0.25) is 0 Å². The van der Waals surface area contributed by atoms with E-state index in [9.17, 15) is 4.79 Å². The molecule has 86 valence electrons. The number of benzene rings is 1. The normalized spacial score (nSPS) is 10.2. The molecule has 0 saturated heterocycles. The van der Waals surface area contributed by atoms with Gasteiger partial charge in [0, 0.05) is 9.13 Å². The van der Waals surface area contributed by atoms with Gasteiger partial charge in [-0.2, -0.15) is 0 Å². The Bertz CT molecular complexity index is 564. The number of pyridine rings is 1. The maximum atomic E-state index is 10.9. The van der Waals surface area contributed by atoms with Crippen molar-refractivity contribution in [3.05, 3.63) is 51.2 Å². The Morgan fingerprint density at radius 3 is 2.35 bits per heavy atom. The van der Waals surface area contributed by atoms with Crippen molar-refractivity contribution in [2.24, 2.45) is 0 Å². The number of hydrogen-bond acceptors (Lipinski definition) is 2. The van der Waals surface area contributed by atoms with Gasteiger partial charge < -0.3 is 5.11 Å². The first-order valence-electron chi connectivity index (χ1n) is 5.05. The van der Waals surface area contributed by atoms with E-state index in [-0.39, 0.29) is 5.56 Å². The third-order valence-electron chi connectivity index (χ3n) is 2.46. The first kappa shape index (κ1) is 12.0. The lowest BCUT2D eigenvalue weighted by molar-refractivity contribution is 0.0695. The van der Waals surface area contributed by atoms with Crippen LogP contribution in [-0.2, 0) is 0 Å². The van der Waals surface area contributed by atoms with Gasteiger partial charge >= 0.3 is 5.97 Å². The molecule has 0 aliphatic heterocycles. The lowest BCUT2D eigenvalue weighted by atomic mass is 10.1. The van der Waals surface area contributed by atoms with E-state index >= 15 is 0 Å². The molecule has 0 spiro atoms. The lowest BCUT2D eigenvalue weighted by Crippen LogP contribution is -2.02. The number of nitrogens with zero attached hydrogens (tertiary/aromatic N) is 1. The van der Waals surface area contributed by atoms with Gasteiger partial charge in [0.25, 0.3) is 0 Å². The van der Waals surface area contributed by atoms with Crippen LogP contribution < -0.4 is 0 Å². The zero-order valence-corrected chi connectivity index (χ0v) is 11.3. The minimum absolute atomic E-state index is 0.249. The molecule has 0 unspecified atom stereocenters. The summed E-state index contributed by atoms with van der Waals surface area (Å²) in [5.74, 6) is -0.941. The summed E-state index contributed by atoms with van der Waals surface area (Å²) in [6.45, 7) is 1.71. The fourth-order valence-electron chi connectivity index (χ4n) is 1.57. The quantitative estimate of drug-likeness (QED) is 0.854. The molecule has 4 heteroatoms. The van der Waals surface area contributed by atoms with E-state index in [1.807, 2.05) is 24.3 Å². The van der Waals surface area contributed by atoms with E-state index < -0.39 is 5.97 Å². The monoisotopic (exact) mass is 339 g/mol. The summed E-state index contributed by atoms with van der Waals surface area (Å²) in [5, 5.41) is 8.92. The predicted molar refractivity (Wildman–Crippen MR) is 74.1 cm³/mol. The third kappa shape index (κ3) is 2.63. The summed E-state index contributed by atoms with van der Waals surface area (Å²) in [6, 6.07) is 11.3. The minimum Gasteiger partial charge on any atom is -0.478 e. The summed E-state index contributed by atoms with van der Waals surface area (Å²) < 4.78 is 1.16. The summed E-state index contributed by atoms with van der Waals surface area (Å²) >= 11 is 2.24. The molecular weight excluding hydrogens is 329 g/mol. The molecule has 0 aliphatic carbocycles. The Labute approximate surface area is 113 Å². The highest BCUT2D eigenvalue weighted by Crippen LogP contribution is 2.20.